The SMILES string of the molecule is CC1CC(C)C(n2cnc3c2CCCC3)C(O)C1. The summed E-state index contributed by atoms with van der Waals surface area (Å²) in [5, 5.41) is 10.4. The van der Waals surface area contributed by atoms with Crippen LogP contribution in [0.2, 0.25) is 0 Å². The van der Waals surface area contributed by atoms with Gasteiger partial charge in [0, 0.05) is 5.69 Å². The minimum atomic E-state index is -0.205. The van der Waals surface area contributed by atoms with Crippen molar-refractivity contribution in [3.63, 3.8) is 0 Å². The van der Waals surface area contributed by atoms with Crippen LogP contribution in [0.25, 0.3) is 0 Å². The predicted octanol–water partition coefficient (Wildman–Crippen LogP) is 2.73. The largest absolute Gasteiger partial charge is 0.391 e. The lowest BCUT2D eigenvalue weighted by atomic mass is 9.77. The van der Waals surface area contributed by atoms with Crippen molar-refractivity contribution in [2.24, 2.45) is 11.8 Å². The van der Waals surface area contributed by atoms with Gasteiger partial charge in [-0.1, -0.05) is 13.8 Å². The second kappa shape index (κ2) is 4.69. The van der Waals surface area contributed by atoms with E-state index in [1.165, 1.54) is 30.7 Å². The molecule has 4 atom stereocenters. The Morgan fingerprint density at radius 1 is 1.22 bits per heavy atom. The second-order valence-corrected chi connectivity index (χ2v) is 6.36. The van der Waals surface area contributed by atoms with Crippen LogP contribution in [0.1, 0.15) is 57.0 Å². The zero-order valence-corrected chi connectivity index (χ0v) is 11.5. The summed E-state index contributed by atoms with van der Waals surface area (Å²) in [7, 11) is 0. The van der Waals surface area contributed by atoms with Crippen LogP contribution in [0.3, 0.4) is 0 Å². The fraction of sp³-hybridized carbons (Fsp3) is 0.800. The van der Waals surface area contributed by atoms with Crippen molar-refractivity contribution in [2.45, 2.75) is 64.5 Å². The van der Waals surface area contributed by atoms with E-state index in [9.17, 15) is 5.11 Å². The molecule has 0 aromatic carbocycles. The first kappa shape index (κ1) is 12.2. The van der Waals surface area contributed by atoms with E-state index in [2.05, 4.69) is 23.4 Å². The zero-order chi connectivity index (χ0) is 12.7. The lowest BCUT2D eigenvalue weighted by Crippen LogP contribution is -2.37. The van der Waals surface area contributed by atoms with Gasteiger partial charge in [-0.15, -0.1) is 0 Å². The lowest BCUT2D eigenvalue weighted by Gasteiger charge is -2.38. The van der Waals surface area contributed by atoms with Gasteiger partial charge in [-0.3, -0.25) is 0 Å². The fourth-order valence-corrected chi connectivity index (χ4v) is 4.01. The van der Waals surface area contributed by atoms with Crippen molar-refractivity contribution in [1.82, 2.24) is 9.55 Å². The van der Waals surface area contributed by atoms with E-state index in [1.807, 2.05) is 6.33 Å². The Balaban J connectivity index is 1.91. The Bertz CT molecular complexity index is 414. The van der Waals surface area contributed by atoms with Crippen LogP contribution in [-0.4, -0.2) is 20.8 Å². The van der Waals surface area contributed by atoms with Gasteiger partial charge in [-0.05, 0) is 50.4 Å². The van der Waals surface area contributed by atoms with Crippen LogP contribution >= 0.6 is 0 Å². The van der Waals surface area contributed by atoms with E-state index >= 15 is 0 Å². The predicted molar refractivity (Wildman–Crippen MR) is 71.5 cm³/mol. The number of aliphatic hydroxyl groups excluding tert-OH is 1. The van der Waals surface area contributed by atoms with Crippen LogP contribution in [-0.2, 0) is 12.8 Å². The minimum absolute atomic E-state index is 0.205. The summed E-state index contributed by atoms with van der Waals surface area (Å²) in [5.41, 5.74) is 2.67. The molecule has 0 amide bonds. The standard InChI is InChI=1S/C15H24N2O/c1-10-7-11(2)15(14(18)8-10)17-9-16-12-5-3-4-6-13(12)17/h9-11,14-15,18H,3-8H2,1-2H3. The Morgan fingerprint density at radius 3 is 2.78 bits per heavy atom. The van der Waals surface area contributed by atoms with Gasteiger partial charge in [0.1, 0.15) is 0 Å². The lowest BCUT2D eigenvalue weighted by molar-refractivity contribution is 0.0221. The van der Waals surface area contributed by atoms with Gasteiger partial charge in [-0.2, -0.15) is 0 Å². The summed E-state index contributed by atoms with van der Waals surface area (Å²) >= 11 is 0. The number of aryl methyl sites for hydroxylation is 1. The number of aliphatic hydroxyl groups is 1. The summed E-state index contributed by atoms with van der Waals surface area (Å²) in [6.45, 7) is 4.53. The molecule has 0 spiro atoms. The quantitative estimate of drug-likeness (QED) is 0.830. The molecule has 2 aliphatic rings. The van der Waals surface area contributed by atoms with Crippen molar-refractivity contribution < 1.29 is 5.11 Å². The Labute approximate surface area is 109 Å². The third kappa shape index (κ3) is 1.99. The number of fused-ring (bicyclic) bond motifs is 1. The van der Waals surface area contributed by atoms with Gasteiger partial charge < -0.3 is 9.67 Å². The smallest absolute Gasteiger partial charge is 0.0955 e. The van der Waals surface area contributed by atoms with Gasteiger partial charge in [0.05, 0.1) is 24.2 Å². The van der Waals surface area contributed by atoms with Crippen molar-refractivity contribution in [3.8, 4) is 0 Å². The zero-order valence-electron chi connectivity index (χ0n) is 11.5. The molecule has 100 valence electrons. The highest BCUT2D eigenvalue weighted by Gasteiger charge is 2.35. The number of imidazole rings is 1. The highest BCUT2D eigenvalue weighted by atomic mass is 16.3. The van der Waals surface area contributed by atoms with E-state index in [0.717, 1.165) is 19.3 Å². The number of rotatable bonds is 1. The van der Waals surface area contributed by atoms with Crippen LogP contribution < -0.4 is 0 Å². The number of aromatic nitrogens is 2. The first-order chi connectivity index (χ1) is 8.66. The molecular weight excluding hydrogens is 224 g/mol. The number of hydrogen-bond acceptors (Lipinski definition) is 2. The fourth-order valence-electron chi connectivity index (χ4n) is 4.01. The van der Waals surface area contributed by atoms with E-state index < -0.39 is 0 Å². The molecule has 2 aliphatic carbocycles. The molecule has 1 aromatic heterocycles. The summed E-state index contributed by atoms with van der Waals surface area (Å²) in [5.74, 6) is 1.19. The van der Waals surface area contributed by atoms with Gasteiger partial charge in [-0.25, -0.2) is 4.98 Å². The monoisotopic (exact) mass is 248 g/mol. The molecule has 1 N–H and O–H groups in total. The molecule has 1 saturated carbocycles. The van der Waals surface area contributed by atoms with Gasteiger partial charge in [0.2, 0.25) is 0 Å². The second-order valence-electron chi connectivity index (χ2n) is 6.36. The van der Waals surface area contributed by atoms with E-state index in [0.29, 0.717) is 11.8 Å². The maximum absolute atomic E-state index is 10.4. The third-order valence-corrected chi connectivity index (χ3v) is 4.78. The Morgan fingerprint density at radius 2 is 2.00 bits per heavy atom. The summed E-state index contributed by atoms with van der Waals surface area (Å²) in [6, 6.07) is 0.246. The molecule has 0 saturated heterocycles. The van der Waals surface area contributed by atoms with E-state index in [4.69, 9.17) is 0 Å². The maximum atomic E-state index is 10.4. The topological polar surface area (TPSA) is 38.0 Å². The molecule has 0 radical (unpaired) electrons. The molecule has 0 bridgehead atoms. The van der Waals surface area contributed by atoms with Gasteiger partial charge in [0.15, 0.2) is 0 Å². The molecule has 18 heavy (non-hydrogen) atoms. The van der Waals surface area contributed by atoms with Crippen LogP contribution in [0.15, 0.2) is 6.33 Å². The van der Waals surface area contributed by atoms with Crippen molar-refractivity contribution >= 4 is 0 Å². The molecule has 1 heterocycles. The normalized spacial score (nSPS) is 36.4. The highest BCUT2D eigenvalue weighted by Crippen LogP contribution is 2.38. The van der Waals surface area contributed by atoms with E-state index in [1.54, 1.807) is 0 Å². The average molecular weight is 248 g/mol. The molecule has 1 fully saturated rings. The highest BCUT2D eigenvalue weighted by molar-refractivity contribution is 5.18. The van der Waals surface area contributed by atoms with Gasteiger partial charge >= 0.3 is 0 Å². The van der Waals surface area contributed by atoms with Crippen molar-refractivity contribution in [2.75, 3.05) is 0 Å². The third-order valence-electron chi connectivity index (χ3n) is 4.78. The minimum Gasteiger partial charge on any atom is -0.391 e. The van der Waals surface area contributed by atoms with E-state index in [-0.39, 0.29) is 12.1 Å². The molecule has 3 heteroatoms. The molecule has 1 aromatic rings. The number of nitrogens with zero attached hydrogens (tertiary/aromatic N) is 2. The molecule has 3 rings (SSSR count). The molecular formula is C15H24N2O. The van der Waals surface area contributed by atoms with Crippen LogP contribution in [0.5, 0.6) is 0 Å². The first-order valence-corrected chi connectivity index (χ1v) is 7.39. The molecule has 4 unspecified atom stereocenters. The average Bonchev–Trinajstić information content (AvgIpc) is 2.72. The summed E-state index contributed by atoms with van der Waals surface area (Å²) in [6.07, 6.45) is 8.73. The van der Waals surface area contributed by atoms with Crippen LogP contribution in [0.4, 0.5) is 0 Å². The summed E-state index contributed by atoms with van der Waals surface area (Å²) < 4.78 is 2.30. The summed E-state index contributed by atoms with van der Waals surface area (Å²) in [4.78, 5) is 4.57. The Kier molecular flexibility index (Phi) is 3.18. The van der Waals surface area contributed by atoms with Crippen LogP contribution in [0, 0.1) is 11.8 Å². The van der Waals surface area contributed by atoms with Gasteiger partial charge in [0.25, 0.3) is 0 Å². The van der Waals surface area contributed by atoms with Crippen molar-refractivity contribution in [3.05, 3.63) is 17.7 Å². The molecule has 3 nitrogen and oxygen atoms in total. The maximum Gasteiger partial charge on any atom is 0.0955 e. The number of hydrogen-bond donors (Lipinski definition) is 1. The molecule has 0 aliphatic heterocycles. The first-order valence-electron chi connectivity index (χ1n) is 7.39. The Hall–Kier alpha value is -0.830. The van der Waals surface area contributed by atoms with Crippen molar-refractivity contribution in [1.29, 1.82) is 0 Å².